The summed E-state index contributed by atoms with van der Waals surface area (Å²) < 4.78 is 16.4. The topological polar surface area (TPSA) is 80.6 Å². The third-order valence-electron chi connectivity index (χ3n) is 3.71. The standard InChI is InChI=1S/C20H24N2O4/c1-14(2)25-9-5-8-22-20(23)17(12-21)11-15-10-16-6-4-7-18(24-3)19(16)26-13-15/h4,6-7,10-11,14H,5,8-9,13H2,1-3H3,(H,22,23)/b17-11-. The Morgan fingerprint density at radius 2 is 2.27 bits per heavy atom. The van der Waals surface area contributed by atoms with Crippen LogP contribution in [0.25, 0.3) is 6.08 Å². The smallest absolute Gasteiger partial charge is 0.261 e. The monoisotopic (exact) mass is 356 g/mol. The van der Waals surface area contributed by atoms with Crippen molar-refractivity contribution in [2.24, 2.45) is 0 Å². The van der Waals surface area contributed by atoms with Gasteiger partial charge in [-0.25, -0.2) is 0 Å². The second-order valence-electron chi connectivity index (χ2n) is 6.09. The van der Waals surface area contributed by atoms with Crippen LogP contribution in [0.4, 0.5) is 0 Å². The van der Waals surface area contributed by atoms with Crippen molar-refractivity contribution < 1.29 is 19.0 Å². The molecule has 1 amide bonds. The molecule has 26 heavy (non-hydrogen) atoms. The van der Waals surface area contributed by atoms with E-state index in [1.165, 1.54) is 0 Å². The number of hydrogen-bond acceptors (Lipinski definition) is 5. The first-order chi connectivity index (χ1) is 12.5. The number of benzene rings is 1. The lowest BCUT2D eigenvalue weighted by molar-refractivity contribution is -0.117. The van der Waals surface area contributed by atoms with Crippen LogP contribution in [0.1, 0.15) is 25.8 Å². The minimum absolute atomic E-state index is 0.0518. The highest BCUT2D eigenvalue weighted by Gasteiger charge is 2.16. The van der Waals surface area contributed by atoms with E-state index in [0.29, 0.717) is 31.1 Å². The van der Waals surface area contributed by atoms with E-state index < -0.39 is 5.91 Å². The van der Waals surface area contributed by atoms with Gasteiger partial charge in [0.25, 0.3) is 5.91 Å². The van der Waals surface area contributed by atoms with Crippen molar-refractivity contribution in [2.45, 2.75) is 26.4 Å². The predicted octanol–water partition coefficient (Wildman–Crippen LogP) is 2.85. The number of fused-ring (bicyclic) bond motifs is 1. The zero-order valence-corrected chi connectivity index (χ0v) is 15.4. The molecule has 0 unspecified atom stereocenters. The number of hydrogen-bond donors (Lipinski definition) is 1. The van der Waals surface area contributed by atoms with E-state index in [-0.39, 0.29) is 18.3 Å². The first-order valence-corrected chi connectivity index (χ1v) is 8.57. The van der Waals surface area contributed by atoms with Gasteiger partial charge in [0.15, 0.2) is 11.5 Å². The summed E-state index contributed by atoms with van der Waals surface area (Å²) in [6, 6.07) is 7.53. The van der Waals surface area contributed by atoms with Gasteiger partial charge in [-0.1, -0.05) is 12.1 Å². The summed E-state index contributed by atoms with van der Waals surface area (Å²) in [5.74, 6) is 0.929. The highest BCUT2D eigenvalue weighted by molar-refractivity contribution is 5.98. The van der Waals surface area contributed by atoms with Gasteiger partial charge >= 0.3 is 0 Å². The Bertz CT molecular complexity index is 745. The van der Waals surface area contributed by atoms with Crippen LogP contribution in [0, 0.1) is 11.3 Å². The normalized spacial score (nSPS) is 13.3. The minimum Gasteiger partial charge on any atom is -0.493 e. The van der Waals surface area contributed by atoms with Crippen LogP contribution in [0.2, 0.25) is 0 Å². The highest BCUT2D eigenvalue weighted by atomic mass is 16.5. The van der Waals surface area contributed by atoms with E-state index in [4.69, 9.17) is 14.2 Å². The largest absolute Gasteiger partial charge is 0.493 e. The number of carbonyl (C=O) groups is 1. The maximum Gasteiger partial charge on any atom is 0.261 e. The SMILES string of the molecule is COc1cccc2c1OCC(/C=C(/C#N)C(=O)NCCCOC(C)C)=C2. The second kappa shape index (κ2) is 9.64. The number of nitrogens with zero attached hydrogens (tertiary/aromatic N) is 1. The molecule has 0 spiro atoms. The second-order valence-corrected chi connectivity index (χ2v) is 6.09. The summed E-state index contributed by atoms with van der Waals surface area (Å²) in [6.45, 7) is 5.22. The van der Waals surface area contributed by atoms with Crippen LogP contribution in [-0.4, -0.2) is 38.9 Å². The Morgan fingerprint density at radius 1 is 1.46 bits per heavy atom. The molecule has 1 heterocycles. The van der Waals surface area contributed by atoms with E-state index in [1.54, 1.807) is 13.2 Å². The molecule has 0 aliphatic carbocycles. The molecule has 0 aromatic heterocycles. The molecular formula is C20H24N2O4. The molecule has 0 saturated heterocycles. The maximum absolute atomic E-state index is 12.2. The Balaban J connectivity index is 2.01. The Labute approximate surface area is 154 Å². The number of nitrogens with one attached hydrogen (secondary N) is 1. The molecule has 0 atom stereocenters. The fraction of sp³-hybridized carbons (Fsp3) is 0.400. The summed E-state index contributed by atoms with van der Waals surface area (Å²) in [5.41, 5.74) is 1.65. The molecule has 138 valence electrons. The quantitative estimate of drug-likeness (QED) is 0.440. The summed E-state index contributed by atoms with van der Waals surface area (Å²) >= 11 is 0. The van der Waals surface area contributed by atoms with Crippen molar-refractivity contribution in [2.75, 3.05) is 26.9 Å². The van der Waals surface area contributed by atoms with Gasteiger partial charge in [0.1, 0.15) is 18.2 Å². The van der Waals surface area contributed by atoms with Crippen molar-refractivity contribution in [3.8, 4) is 17.6 Å². The van der Waals surface area contributed by atoms with Crippen molar-refractivity contribution in [3.05, 3.63) is 41.0 Å². The van der Waals surface area contributed by atoms with Crippen molar-refractivity contribution in [1.29, 1.82) is 5.26 Å². The summed E-state index contributed by atoms with van der Waals surface area (Å²) in [4.78, 5) is 12.2. The molecule has 1 aliphatic rings. The lowest BCUT2D eigenvalue weighted by Gasteiger charge is -2.18. The number of nitriles is 1. The fourth-order valence-corrected chi connectivity index (χ4v) is 2.46. The molecular weight excluding hydrogens is 332 g/mol. The van der Waals surface area contributed by atoms with Gasteiger partial charge in [-0.2, -0.15) is 5.26 Å². The first-order valence-electron chi connectivity index (χ1n) is 8.57. The number of rotatable bonds is 8. The molecule has 1 aromatic carbocycles. The van der Waals surface area contributed by atoms with Gasteiger partial charge in [0.2, 0.25) is 0 Å². The van der Waals surface area contributed by atoms with Gasteiger partial charge < -0.3 is 19.5 Å². The van der Waals surface area contributed by atoms with Crippen molar-refractivity contribution in [3.63, 3.8) is 0 Å². The fourth-order valence-electron chi connectivity index (χ4n) is 2.46. The van der Waals surface area contributed by atoms with Crippen LogP contribution in [0.15, 0.2) is 35.4 Å². The van der Waals surface area contributed by atoms with Gasteiger partial charge in [-0.15, -0.1) is 0 Å². The number of para-hydroxylation sites is 1. The Hall–Kier alpha value is -2.78. The number of methoxy groups -OCH3 is 1. The van der Waals surface area contributed by atoms with Gasteiger partial charge in [0, 0.05) is 18.7 Å². The third kappa shape index (κ3) is 5.36. The zero-order chi connectivity index (χ0) is 18.9. The van der Waals surface area contributed by atoms with Crippen LogP contribution < -0.4 is 14.8 Å². The number of carbonyl (C=O) groups excluding carboxylic acids is 1. The molecule has 2 rings (SSSR count). The predicted molar refractivity (Wildman–Crippen MR) is 98.9 cm³/mol. The van der Waals surface area contributed by atoms with Gasteiger partial charge in [-0.05, 0) is 44.1 Å². The van der Waals surface area contributed by atoms with E-state index in [9.17, 15) is 10.1 Å². The van der Waals surface area contributed by atoms with E-state index in [2.05, 4.69) is 5.32 Å². The first kappa shape index (κ1) is 19.5. The van der Waals surface area contributed by atoms with Crippen LogP contribution in [0.5, 0.6) is 11.5 Å². The molecule has 1 aliphatic heterocycles. The lowest BCUT2D eigenvalue weighted by atomic mass is 10.0. The van der Waals surface area contributed by atoms with Crippen LogP contribution in [0.3, 0.4) is 0 Å². The van der Waals surface area contributed by atoms with Crippen molar-refractivity contribution in [1.82, 2.24) is 5.32 Å². The van der Waals surface area contributed by atoms with E-state index >= 15 is 0 Å². The van der Waals surface area contributed by atoms with Crippen LogP contribution >= 0.6 is 0 Å². The zero-order valence-electron chi connectivity index (χ0n) is 15.4. The summed E-state index contributed by atoms with van der Waals surface area (Å²) in [6.07, 6.45) is 4.31. The molecule has 6 heteroatoms. The lowest BCUT2D eigenvalue weighted by Crippen LogP contribution is -2.27. The number of ether oxygens (including phenoxy) is 3. The highest BCUT2D eigenvalue weighted by Crippen LogP contribution is 2.35. The molecule has 1 N–H and O–H groups in total. The maximum atomic E-state index is 12.2. The van der Waals surface area contributed by atoms with Crippen LogP contribution in [-0.2, 0) is 9.53 Å². The van der Waals surface area contributed by atoms with E-state index in [0.717, 1.165) is 11.1 Å². The number of amides is 1. The average molecular weight is 356 g/mol. The minimum atomic E-state index is -0.394. The van der Waals surface area contributed by atoms with Crippen molar-refractivity contribution >= 4 is 12.0 Å². The molecule has 1 aromatic rings. The Kier molecular flexibility index (Phi) is 7.24. The van der Waals surface area contributed by atoms with E-state index in [1.807, 2.05) is 44.2 Å². The summed E-state index contributed by atoms with van der Waals surface area (Å²) in [5, 5.41) is 12.0. The molecule has 0 bridgehead atoms. The molecule has 6 nitrogen and oxygen atoms in total. The average Bonchev–Trinajstić information content (AvgIpc) is 2.64. The van der Waals surface area contributed by atoms with Gasteiger partial charge in [0.05, 0.1) is 13.2 Å². The Morgan fingerprint density at radius 3 is 2.96 bits per heavy atom. The molecule has 0 saturated carbocycles. The molecule has 0 fully saturated rings. The third-order valence-corrected chi connectivity index (χ3v) is 3.71. The van der Waals surface area contributed by atoms with Gasteiger partial charge in [-0.3, -0.25) is 4.79 Å². The summed E-state index contributed by atoms with van der Waals surface area (Å²) in [7, 11) is 1.59. The molecule has 0 radical (unpaired) electrons.